The second kappa shape index (κ2) is 45.2. The second-order valence-corrected chi connectivity index (χ2v) is 18.9. The Balaban J connectivity index is 2.64. The highest BCUT2D eigenvalue weighted by Crippen LogP contribution is 2.21. The molecule has 0 aromatic heterocycles. The molecule has 0 fully saturated rings. The van der Waals surface area contributed by atoms with Crippen LogP contribution in [0.2, 0.25) is 0 Å². The van der Waals surface area contributed by atoms with Gasteiger partial charge in [-0.25, -0.2) is 0 Å². The molecule has 0 bridgehead atoms. The van der Waals surface area contributed by atoms with Crippen molar-refractivity contribution in [1.29, 1.82) is 0 Å². The first-order chi connectivity index (χ1) is 30.9. The van der Waals surface area contributed by atoms with Crippen LogP contribution in [0.4, 0.5) is 0 Å². The Morgan fingerprint density at radius 2 is 0.937 bits per heavy atom. The number of likely N-dealkylation sites (N-methyl/N-ethyl adjacent to an activating group) is 1. The van der Waals surface area contributed by atoms with Gasteiger partial charge < -0.3 is 29.7 Å². The van der Waals surface area contributed by atoms with E-state index in [2.05, 4.69) is 62.4 Å². The van der Waals surface area contributed by atoms with Gasteiger partial charge in [-0.15, -0.1) is 0 Å². The van der Waals surface area contributed by atoms with E-state index in [1.165, 1.54) is 185 Å². The lowest BCUT2D eigenvalue weighted by atomic mass is 9.94. The molecular weight excluding hydrogens is 783 g/mol. The lowest BCUT2D eigenvalue weighted by Gasteiger charge is -2.24. The van der Waals surface area contributed by atoms with Crippen LogP contribution in [0.3, 0.4) is 0 Å². The van der Waals surface area contributed by atoms with Gasteiger partial charge in [-0.2, -0.15) is 0 Å². The van der Waals surface area contributed by atoms with Crippen molar-refractivity contribution in [3.05, 3.63) is 35.9 Å². The van der Waals surface area contributed by atoms with Gasteiger partial charge in [0.15, 0.2) is 0 Å². The third-order valence-corrected chi connectivity index (χ3v) is 12.7. The Hall–Kier alpha value is -2.00. The number of nitrogens with one attached hydrogen (secondary N) is 2. The number of nitrogens with zero attached hydrogens (tertiary/aromatic N) is 1. The van der Waals surface area contributed by atoms with Crippen molar-refractivity contribution >= 4 is 11.8 Å². The third-order valence-electron chi connectivity index (χ3n) is 12.7. The number of hydrogen-bond acceptors (Lipinski definition) is 6. The number of hydrogen-bond donors (Lipinski definition) is 2. The lowest BCUT2D eigenvalue weighted by molar-refractivity contribution is -0.125. The molecule has 8 nitrogen and oxygen atoms in total. The van der Waals surface area contributed by atoms with Crippen molar-refractivity contribution in [3.8, 4) is 0 Å². The maximum absolute atomic E-state index is 13.1. The van der Waals surface area contributed by atoms with Gasteiger partial charge >= 0.3 is 0 Å². The summed E-state index contributed by atoms with van der Waals surface area (Å²) >= 11 is 0. The quantitative estimate of drug-likeness (QED) is 0.0634. The minimum atomic E-state index is -0.216. The second-order valence-electron chi connectivity index (χ2n) is 18.9. The highest BCUT2D eigenvalue weighted by molar-refractivity contribution is 5.76. The number of rotatable bonds is 48. The van der Waals surface area contributed by atoms with Crippen molar-refractivity contribution in [2.45, 2.75) is 233 Å². The van der Waals surface area contributed by atoms with Crippen LogP contribution in [0.5, 0.6) is 0 Å². The van der Waals surface area contributed by atoms with Crippen LogP contribution in [-0.2, 0) is 30.4 Å². The molecule has 8 heteroatoms. The largest absolute Gasteiger partial charge is 0.378 e. The normalized spacial score (nSPS) is 12.2. The fourth-order valence-electron chi connectivity index (χ4n) is 8.52. The Labute approximate surface area is 390 Å². The van der Waals surface area contributed by atoms with Gasteiger partial charge in [0.05, 0.1) is 39.1 Å². The van der Waals surface area contributed by atoms with Gasteiger partial charge in [-0.1, -0.05) is 212 Å². The van der Waals surface area contributed by atoms with Crippen LogP contribution in [0.25, 0.3) is 0 Å². The van der Waals surface area contributed by atoms with Gasteiger partial charge in [0, 0.05) is 39.0 Å². The highest BCUT2D eigenvalue weighted by atomic mass is 16.5. The van der Waals surface area contributed by atoms with Crippen LogP contribution >= 0.6 is 0 Å². The molecule has 0 aliphatic rings. The van der Waals surface area contributed by atoms with Crippen molar-refractivity contribution in [1.82, 2.24) is 15.5 Å². The molecule has 0 saturated carbocycles. The maximum Gasteiger partial charge on any atom is 0.222 e. The summed E-state index contributed by atoms with van der Waals surface area (Å²) < 4.78 is 18.4. The average molecular weight is 886 g/mol. The Morgan fingerprint density at radius 1 is 0.524 bits per heavy atom. The standard InChI is InChI=1S/C55H103N3O5/c1-6-10-14-18-22-27-33-50(34-28-23-19-15-11-7-2)45-56-54(59)39-42-61-49-53(47-58(5)41-44-62-48-52-37-31-26-32-38-52)63-43-40-55(60)57-46-51(35-29-24-20-16-12-8-3)36-30-25-21-17-13-9-4/h26,31-32,37-38,50-51,53H,6-25,27-30,33-36,39-49H2,1-5H3,(H,56,59)(H,57,60). The van der Waals surface area contributed by atoms with Crippen molar-refractivity contribution < 1.29 is 23.8 Å². The fourth-order valence-corrected chi connectivity index (χ4v) is 8.52. The highest BCUT2D eigenvalue weighted by Gasteiger charge is 2.17. The summed E-state index contributed by atoms with van der Waals surface area (Å²) in [5.74, 6) is 1.24. The first-order valence-corrected chi connectivity index (χ1v) is 26.9. The van der Waals surface area contributed by atoms with Crippen LogP contribution < -0.4 is 10.6 Å². The molecule has 2 amide bonds. The molecule has 0 aliphatic heterocycles. The number of unbranched alkanes of at least 4 members (excludes halogenated alkanes) is 20. The van der Waals surface area contributed by atoms with E-state index in [9.17, 15) is 9.59 Å². The maximum atomic E-state index is 13.1. The Kier molecular flexibility index (Phi) is 42.3. The molecule has 1 atom stereocenters. The van der Waals surface area contributed by atoms with Gasteiger partial charge in [0.1, 0.15) is 0 Å². The smallest absolute Gasteiger partial charge is 0.222 e. The van der Waals surface area contributed by atoms with Gasteiger partial charge in [0.2, 0.25) is 11.8 Å². The average Bonchev–Trinajstić information content (AvgIpc) is 3.29. The van der Waals surface area contributed by atoms with E-state index in [-0.39, 0.29) is 17.9 Å². The summed E-state index contributed by atoms with van der Waals surface area (Å²) in [6.45, 7) is 14.3. The van der Waals surface area contributed by atoms with Crippen molar-refractivity contribution in [2.24, 2.45) is 11.8 Å². The van der Waals surface area contributed by atoms with E-state index in [0.29, 0.717) is 64.3 Å². The van der Waals surface area contributed by atoms with Crippen molar-refractivity contribution in [2.75, 3.05) is 59.7 Å². The first-order valence-electron chi connectivity index (χ1n) is 26.9. The molecule has 0 saturated heterocycles. The predicted molar refractivity (Wildman–Crippen MR) is 268 cm³/mol. The molecular formula is C55H103N3O5. The molecule has 1 aromatic rings. The molecule has 1 unspecified atom stereocenters. The minimum absolute atomic E-state index is 0.0659. The Morgan fingerprint density at radius 3 is 1.38 bits per heavy atom. The number of carbonyl (C=O) groups excluding carboxylic acids is 2. The monoisotopic (exact) mass is 886 g/mol. The molecule has 0 spiro atoms. The summed E-state index contributed by atoms with van der Waals surface area (Å²) in [5, 5.41) is 6.53. The number of amides is 2. The summed E-state index contributed by atoms with van der Waals surface area (Å²) in [7, 11) is 2.07. The number of carbonyl (C=O) groups is 2. The van der Waals surface area contributed by atoms with Crippen LogP contribution in [-0.4, -0.2) is 82.5 Å². The Bertz CT molecular complexity index is 1090. The zero-order chi connectivity index (χ0) is 45.7. The van der Waals surface area contributed by atoms with E-state index in [1.54, 1.807) is 0 Å². The van der Waals surface area contributed by atoms with Gasteiger partial charge in [0.25, 0.3) is 0 Å². The molecule has 368 valence electrons. The topological polar surface area (TPSA) is 89.1 Å². The molecule has 0 aliphatic carbocycles. The SMILES string of the molecule is CCCCCCCCC(CCCCCCCC)CNC(=O)CCOCC(CN(C)CCOCc1ccccc1)OCCC(=O)NCC(CCCCCCCC)CCCCCCCC. The number of benzene rings is 1. The summed E-state index contributed by atoms with van der Waals surface area (Å²) in [6, 6.07) is 10.3. The molecule has 0 radical (unpaired) electrons. The molecule has 1 aromatic carbocycles. The van der Waals surface area contributed by atoms with E-state index < -0.39 is 0 Å². The van der Waals surface area contributed by atoms with Crippen LogP contribution in [0, 0.1) is 11.8 Å². The van der Waals surface area contributed by atoms with Gasteiger partial charge in [-0.05, 0) is 50.1 Å². The summed E-state index contributed by atoms with van der Waals surface area (Å²) in [4.78, 5) is 28.3. The zero-order valence-corrected chi connectivity index (χ0v) is 42.2. The van der Waals surface area contributed by atoms with E-state index >= 15 is 0 Å². The molecule has 2 N–H and O–H groups in total. The number of ether oxygens (including phenoxy) is 3. The first kappa shape index (κ1) is 59.0. The van der Waals surface area contributed by atoms with Gasteiger partial charge in [-0.3, -0.25) is 9.59 Å². The summed E-state index contributed by atoms with van der Waals surface area (Å²) in [5.41, 5.74) is 1.17. The zero-order valence-electron chi connectivity index (χ0n) is 42.2. The molecule has 1 rings (SSSR count). The van der Waals surface area contributed by atoms with Crippen LogP contribution in [0.1, 0.15) is 226 Å². The third kappa shape index (κ3) is 38.9. The predicted octanol–water partition coefficient (Wildman–Crippen LogP) is 13.8. The minimum Gasteiger partial charge on any atom is -0.378 e. The molecule has 0 heterocycles. The molecule has 63 heavy (non-hydrogen) atoms. The van der Waals surface area contributed by atoms with E-state index in [1.807, 2.05) is 18.2 Å². The van der Waals surface area contributed by atoms with Crippen molar-refractivity contribution in [3.63, 3.8) is 0 Å². The summed E-state index contributed by atoms with van der Waals surface area (Å²) in [6.07, 6.45) is 36.7. The van der Waals surface area contributed by atoms with E-state index in [0.717, 1.165) is 19.6 Å². The van der Waals surface area contributed by atoms with E-state index in [4.69, 9.17) is 14.2 Å². The van der Waals surface area contributed by atoms with Crippen LogP contribution in [0.15, 0.2) is 30.3 Å². The lowest BCUT2D eigenvalue weighted by Crippen LogP contribution is -2.37. The fraction of sp³-hybridized carbons (Fsp3) is 0.855.